The molecule has 0 saturated carbocycles. The van der Waals surface area contributed by atoms with Gasteiger partial charge in [-0.1, -0.05) is 50.2 Å². The molecule has 0 amide bonds. The minimum atomic E-state index is 0.382. The first-order valence-electron chi connectivity index (χ1n) is 12.3. The smallest absolute Gasteiger partial charge is 0.213 e. The molecule has 5 aromatic rings. The normalized spacial score (nSPS) is 16.1. The molecule has 176 valence electrons. The van der Waals surface area contributed by atoms with E-state index in [-0.39, 0.29) is 0 Å². The Balaban J connectivity index is 1.56. The fraction of sp³-hybridized carbons (Fsp3) is 0.286. The first-order chi connectivity index (χ1) is 17.2. The average Bonchev–Trinajstić information content (AvgIpc) is 3.57. The quantitative estimate of drug-likeness (QED) is 0.383. The zero-order valence-electron chi connectivity index (χ0n) is 20.1. The summed E-state index contributed by atoms with van der Waals surface area (Å²) in [4.78, 5) is 12.0. The molecule has 1 atom stereocenters. The van der Waals surface area contributed by atoms with E-state index in [1.807, 2.05) is 24.5 Å². The summed E-state index contributed by atoms with van der Waals surface area (Å²) in [6.45, 7) is 6.28. The van der Waals surface area contributed by atoms with Gasteiger partial charge in [0.2, 0.25) is 5.95 Å². The predicted molar refractivity (Wildman–Crippen MR) is 140 cm³/mol. The van der Waals surface area contributed by atoms with Crippen molar-refractivity contribution in [1.29, 1.82) is 0 Å². The molecule has 1 saturated heterocycles. The van der Waals surface area contributed by atoms with Crippen molar-refractivity contribution in [2.75, 3.05) is 18.0 Å². The van der Waals surface area contributed by atoms with Crippen LogP contribution in [-0.2, 0) is 0 Å². The van der Waals surface area contributed by atoms with E-state index in [9.17, 15) is 0 Å². The fourth-order valence-corrected chi connectivity index (χ4v) is 5.08. The van der Waals surface area contributed by atoms with Crippen molar-refractivity contribution in [3.05, 3.63) is 73.3 Å². The first kappa shape index (κ1) is 21.7. The van der Waals surface area contributed by atoms with Crippen molar-refractivity contribution in [2.24, 2.45) is 0 Å². The van der Waals surface area contributed by atoms with Gasteiger partial charge in [0.1, 0.15) is 6.33 Å². The number of benzene rings is 2. The molecule has 7 heteroatoms. The van der Waals surface area contributed by atoms with Gasteiger partial charge in [-0.25, -0.2) is 4.98 Å². The molecule has 0 spiro atoms. The molecule has 1 fully saturated rings. The summed E-state index contributed by atoms with van der Waals surface area (Å²) < 4.78 is 2.06. The number of rotatable bonds is 6. The van der Waals surface area contributed by atoms with Crippen LogP contribution in [0.15, 0.2) is 73.3 Å². The highest BCUT2D eigenvalue weighted by Crippen LogP contribution is 2.38. The van der Waals surface area contributed by atoms with Crippen LogP contribution in [0.5, 0.6) is 0 Å². The molecule has 0 bridgehead atoms. The number of hydrogen-bond donors (Lipinski definition) is 1. The Hall–Kier alpha value is -3.84. The van der Waals surface area contributed by atoms with Crippen molar-refractivity contribution in [3.8, 4) is 22.4 Å². The Bertz CT molecular complexity index is 1480. The van der Waals surface area contributed by atoms with Crippen LogP contribution in [0, 0.1) is 0 Å². The maximum absolute atomic E-state index is 5.31. The summed E-state index contributed by atoms with van der Waals surface area (Å²) in [5.74, 6) is 0.898. The van der Waals surface area contributed by atoms with Gasteiger partial charge in [-0.05, 0) is 47.4 Å². The highest BCUT2D eigenvalue weighted by Gasteiger charge is 2.30. The van der Waals surface area contributed by atoms with E-state index in [0.717, 1.165) is 59.9 Å². The van der Waals surface area contributed by atoms with E-state index in [0.29, 0.717) is 12.1 Å². The first-order valence-corrected chi connectivity index (χ1v) is 12.3. The maximum Gasteiger partial charge on any atom is 0.213 e. The molecule has 3 aromatic heterocycles. The second kappa shape index (κ2) is 9.07. The third kappa shape index (κ3) is 4.02. The van der Waals surface area contributed by atoms with Crippen LogP contribution in [0.25, 0.3) is 38.8 Å². The molecule has 35 heavy (non-hydrogen) atoms. The van der Waals surface area contributed by atoms with Gasteiger partial charge in [0, 0.05) is 43.1 Å². The van der Waals surface area contributed by atoms with E-state index in [1.165, 1.54) is 10.8 Å². The third-order valence-corrected chi connectivity index (χ3v) is 6.82. The van der Waals surface area contributed by atoms with Crippen LogP contribution in [0.3, 0.4) is 0 Å². The number of nitrogens with zero attached hydrogens (tertiary/aromatic N) is 6. The van der Waals surface area contributed by atoms with Crippen molar-refractivity contribution in [1.82, 2.24) is 29.9 Å². The molecule has 1 aliphatic heterocycles. The Morgan fingerprint density at radius 1 is 1.00 bits per heavy atom. The van der Waals surface area contributed by atoms with Crippen LogP contribution in [0.2, 0.25) is 0 Å². The van der Waals surface area contributed by atoms with Crippen molar-refractivity contribution in [2.45, 2.75) is 38.8 Å². The largest absolute Gasteiger partial charge is 0.338 e. The zero-order valence-corrected chi connectivity index (χ0v) is 20.1. The summed E-state index contributed by atoms with van der Waals surface area (Å²) in [6, 6.07) is 19.8. The Morgan fingerprint density at radius 3 is 2.66 bits per heavy atom. The van der Waals surface area contributed by atoms with Crippen LogP contribution in [0.4, 0.5) is 5.95 Å². The minimum Gasteiger partial charge on any atom is -0.338 e. The molecular weight excluding hydrogens is 434 g/mol. The lowest BCUT2D eigenvalue weighted by Gasteiger charge is -2.28. The molecule has 6 rings (SSSR count). The summed E-state index contributed by atoms with van der Waals surface area (Å²) in [5, 5.41) is 14.9. The van der Waals surface area contributed by atoms with E-state index in [2.05, 4.69) is 86.1 Å². The molecule has 1 aliphatic rings. The minimum absolute atomic E-state index is 0.382. The number of aromatic nitrogens is 5. The van der Waals surface area contributed by atoms with Crippen LogP contribution >= 0.6 is 0 Å². The molecule has 2 aromatic carbocycles. The SMILES string of the molecule is CC(C)NC[C@@H]1CCCN1c1nc(-c2ccncc2)c(-c2ccc3ccccc3c2)c2nncn12. The van der Waals surface area contributed by atoms with E-state index < -0.39 is 0 Å². The standard InChI is InChI=1S/C28H29N7/c1-19(2)30-17-24-8-5-15-34(24)28-32-26(21-11-13-29-14-12-21)25(27-33-31-18-35(27)28)23-10-9-20-6-3-4-7-22(20)16-23/h3-4,6-7,9-14,16,18-19,24,30H,5,8,15,17H2,1-2H3/t24-/m0/s1. The van der Waals surface area contributed by atoms with Crippen molar-refractivity contribution in [3.63, 3.8) is 0 Å². The topological polar surface area (TPSA) is 71.2 Å². The molecule has 4 heterocycles. The van der Waals surface area contributed by atoms with Gasteiger partial charge in [0.25, 0.3) is 0 Å². The number of pyridine rings is 1. The van der Waals surface area contributed by atoms with Gasteiger partial charge >= 0.3 is 0 Å². The number of fused-ring (bicyclic) bond motifs is 2. The van der Waals surface area contributed by atoms with Crippen LogP contribution in [-0.4, -0.2) is 49.7 Å². The van der Waals surface area contributed by atoms with Gasteiger partial charge in [0.15, 0.2) is 5.65 Å². The monoisotopic (exact) mass is 463 g/mol. The van der Waals surface area contributed by atoms with Gasteiger partial charge in [-0.2, -0.15) is 0 Å². The lowest BCUT2D eigenvalue weighted by atomic mass is 9.98. The Kier molecular flexibility index (Phi) is 5.62. The average molecular weight is 464 g/mol. The highest BCUT2D eigenvalue weighted by atomic mass is 15.4. The summed E-state index contributed by atoms with van der Waals surface area (Å²) >= 11 is 0. The second-order valence-electron chi connectivity index (χ2n) is 9.51. The van der Waals surface area contributed by atoms with Crippen LogP contribution < -0.4 is 10.2 Å². The van der Waals surface area contributed by atoms with E-state index >= 15 is 0 Å². The van der Waals surface area contributed by atoms with Gasteiger partial charge in [-0.15, -0.1) is 10.2 Å². The second-order valence-corrected chi connectivity index (χ2v) is 9.51. The van der Waals surface area contributed by atoms with Gasteiger partial charge in [0.05, 0.1) is 11.3 Å². The summed E-state index contributed by atoms with van der Waals surface area (Å²) in [5.41, 5.74) is 4.80. The van der Waals surface area contributed by atoms with E-state index in [4.69, 9.17) is 4.98 Å². The lowest BCUT2D eigenvalue weighted by molar-refractivity contribution is 0.520. The lowest BCUT2D eigenvalue weighted by Crippen LogP contribution is -2.41. The van der Waals surface area contributed by atoms with Crippen LogP contribution in [0.1, 0.15) is 26.7 Å². The number of anilines is 1. The maximum atomic E-state index is 5.31. The fourth-order valence-electron chi connectivity index (χ4n) is 5.08. The van der Waals surface area contributed by atoms with Crippen molar-refractivity contribution < 1.29 is 0 Å². The number of nitrogens with one attached hydrogen (secondary N) is 1. The summed E-state index contributed by atoms with van der Waals surface area (Å²) in [6.07, 6.45) is 7.72. The predicted octanol–water partition coefficient (Wildman–Crippen LogP) is 4.97. The van der Waals surface area contributed by atoms with Gasteiger partial charge in [-0.3, -0.25) is 9.38 Å². The third-order valence-electron chi connectivity index (χ3n) is 6.82. The molecule has 0 aliphatic carbocycles. The molecule has 1 N–H and O–H groups in total. The van der Waals surface area contributed by atoms with Gasteiger partial charge < -0.3 is 10.2 Å². The zero-order chi connectivity index (χ0) is 23.8. The highest BCUT2D eigenvalue weighted by molar-refractivity contribution is 5.95. The molecular formula is C28H29N7. The Labute approximate surface area is 204 Å². The molecule has 0 unspecified atom stereocenters. The van der Waals surface area contributed by atoms with Crippen molar-refractivity contribution >= 4 is 22.4 Å². The number of hydrogen-bond acceptors (Lipinski definition) is 6. The molecule has 0 radical (unpaired) electrons. The molecule has 7 nitrogen and oxygen atoms in total. The summed E-state index contributed by atoms with van der Waals surface area (Å²) in [7, 11) is 0. The van der Waals surface area contributed by atoms with E-state index in [1.54, 1.807) is 6.33 Å². The Morgan fingerprint density at radius 2 is 1.83 bits per heavy atom.